The first-order valence-electron chi connectivity index (χ1n) is 8.86. The van der Waals surface area contributed by atoms with Crippen molar-refractivity contribution in [3.8, 4) is 0 Å². The SMILES string of the molecule is CCC(C)(C)C(=O)OCCCS(=O)(=O)OC1CCc2ccccc2C1=O. The van der Waals surface area contributed by atoms with Gasteiger partial charge in [0.15, 0.2) is 5.78 Å². The maximum atomic E-state index is 12.4. The fourth-order valence-corrected chi connectivity index (χ4v) is 3.73. The number of carbonyl (C=O) groups is 2. The highest BCUT2D eigenvalue weighted by atomic mass is 32.2. The van der Waals surface area contributed by atoms with E-state index in [1.54, 1.807) is 26.0 Å². The Morgan fingerprint density at radius 1 is 1.27 bits per heavy atom. The van der Waals surface area contributed by atoms with Crippen molar-refractivity contribution in [3.05, 3.63) is 35.4 Å². The van der Waals surface area contributed by atoms with Crippen LogP contribution in [0.4, 0.5) is 0 Å². The molecule has 0 radical (unpaired) electrons. The third-order valence-electron chi connectivity index (χ3n) is 4.72. The minimum atomic E-state index is -3.87. The molecule has 2 rings (SSSR count). The largest absolute Gasteiger partial charge is 0.465 e. The van der Waals surface area contributed by atoms with Gasteiger partial charge in [0.05, 0.1) is 17.8 Å². The van der Waals surface area contributed by atoms with Crippen LogP contribution in [0.2, 0.25) is 0 Å². The summed E-state index contributed by atoms with van der Waals surface area (Å²) in [6.45, 7) is 5.45. The van der Waals surface area contributed by atoms with Gasteiger partial charge in [0, 0.05) is 5.56 Å². The summed E-state index contributed by atoms with van der Waals surface area (Å²) in [7, 11) is -3.87. The van der Waals surface area contributed by atoms with Gasteiger partial charge in [0.1, 0.15) is 6.10 Å². The standard InChI is InChI=1S/C19H26O6S/c1-4-19(2,3)18(21)24-12-7-13-26(22,23)25-16-11-10-14-8-5-6-9-15(14)17(16)20/h5-6,8-9,16H,4,7,10-13H2,1-3H3. The van der Waals surface area contributed by atoms with Crippen molar-refractivity contribution in [1.82, 2.24) is 0 Å². The fourth-order valence-electron chi connectivity index (χ4n) is 2.63. The third kappa shape index (κ3) is 5.14. The first-order chi connectivity index (χ1) is 12.2. The van der Waals surface area contributed by atoms with Crippen molar-refractivity contribution in [3.63, 3.8) is 0 Å². The quantitative estimate of drug-likeness (QED) is 0.390. The maximum absolute atomic E-state index is 12.4. The first kappa shape index (κ1) is 20.6. The minimum absolute atomic E-state index is 0.00625. The van der Waals surface area contributed by atoms with E-state index in [1.165, 1.54) is 0 Å². The molecule has 0 N–H and O–H groups in total. The average Bonchev–Trinajstić information content (AvgIpc) is 2.61. The molecule has 7 heteroatoms. The van der Waals surface area contributed by atoms with Crippen molar-refractivity contribution >= 4 is 21.9 Å². The van der Waals surface area contributed by atoms with Crippen molar-refractivity contribution < 1.29 is 26.9 Å². The summed E-state index contributed by atoms with van der Waals surface area (Å²) in [4.78, 5) is 24.2. The molecule has 1 unspecified atom stereocenters. The number of rotatable bonds is 8. The van der Waals surface area contributed by atoms with E-state index in [2.05, 4.69) is 0 Å². The smallest absolute Gasteiger partial charge is 0.311 e. The van der Waals surface area contributed by atoms with E-state index in [0.717, 1.165) is 5.56 Å². The van der Waals surface area contributed by atoms with E-state index >= 15 is 0 Å². The lowest BCUT2D eigenvalue weighted by Crippen LogP contribution is -2.33. The van der Waals surface area contributed by atoms with E-state index in [0.29, 0.717) is 24.8 Å². The highest BCUT2D eigenvalue weighted by molar-refractivity contribution is 7.86. The molecular formula is C19H26O6S. The molecule has 26 heavy (non-hydrogen) atoms. The lowest BCUT2D eigenvalue weighted by atomic mass is 9.89. The topological polar surface area (TPSA) is 86.7 Å². The van der Waals surface area contributed by atoms with E-state index in [1.807, 2.05) is 19.1 Å². The number of hydrogen-bond donors (Lipinski definition) is 0. The lowest BCUT2D eigenvalue weighted by molar-refractivity contribution is -0.154. The molecule has 1 aromatic rings. The monoisotopic (exact) mass is 382 g/mol. The van der Waals surface area contributed by atoms with Crippen LogP contribution in [-0.2, 0) is 30.3 Å². The Bertz CT molecular complexity index is 766. The summed E-state index contributed by atoms with van der Waals surface area (Å²) in [5.74, 6) is -0.943. The molecule has 6 nitrogen and oxygen atoms in total. The van der Waals surface area contributed by atoms with Gasteiger partial charge in [-0.25, -0.2) is 0 Å². The van der Waals surface area contributed by atoms with Crippen LogP contribution < -0.4 is 0 Å². The minimum Gasteiger partial charge on any atom is -0.465 e. The highest BCUT2D eigenvalue weighted by Crippen LogP contribution is 2.24. The van der Waals surface area contributed by atoms with Gasteiger partial charge in [-0.3, -0.25) is 13.8 Å². The predicted molar refractivity (Wildman–Crippen MR) is 97.4 cm³/mol. The first-order valence-corrected chi connectivity index (χ1v) is 10.4. The van der Waals surface area contributed by atoms with Gasteiger partial charge in [-0.05, 0) is 45.1 Å². The maximum Gasteiger partial charge on any atom is 0.311 e. The Balaban J connectivity index is 1.84. The molecule has 0 saturated heterocycles. The molecule has 1 aliphatic rings. The number of Topliss-reactive ketones (excluding diaryl/α,β-unsaturated/α-hetero) is 1. The molecule has 0 heterocycles. The van der Waals surface area contributed by atoms with Crippen LogP contribution >= 0.6 is 0 Å². The zero-order valence-corrected chi connectivity index (χ0v) is 16.3. The number of esters is 1. The van der Waals surface area contributed by atoms with Crippen LogP contribution in [0.15, 0.2) is 24.3 Å². The molecular weight excluding hydrogens is 356 g/mol. The van der Waals surface area contributed by atoms with Crippen LogP contribution in [0, 0.1) is 5.41 Å². The lowest BCUT2D eigenvalue weighted by Gasteiger charge is -2.23. The molecule has 0 fully saturated rings. The Morgan fingerprint density at radius 3 is 2.65 bits per heavy atom. The van der Waals surface area contributed by atoms with Crippen LogP contribution in [0.1, 0.15) is 56.0 Å². The molecule has 1 aromatic carbocycles. The molecule has 1 aliphatic carbocycles. The Labute approximate surface area is 155 Å². The van der Waals surface area contributed by atoms with Crippen molar-refractivity contribution in [1.29, 1.82) is 0 Å². The summed E-state index contributed by atoms with van der Waals surface area (Å²) in [5, 5.41) is 0. The Hall–Kier alpha value is -1.73. The second-order valence-electron chi connectivity index (χ2n) is 7.13. The number of aryl methyl sites for hydroxylation is 1. The molecule has 1 atom stereocenters. The third-order valence-corrected chi connectivity index (χ3v) is 6.04. The van der Waals surface area contributed by atoms with Crippen LogP contribution in [0.5, 0.6) is 0 Å². The van der Waals surface area contributed by atoms with Gasteiger partial charge in [-0.2, -0.15) is 8.42 Å². The van der Waals surface area contributed by atoms with Gasteiger partial charge in [-0.15, -0.1) is 0 Å². The Kier molecular flexibility index (Phi) is 6.58. The van der Waals surface area contributed by atoms with Crippen molar-refractivity contribution in [2.24, 2.45) is 5.41 Å². The normalized spacial score (nSPS) is 17.7. The number of ether oxygens (including phenoxy) is 1. The molecule has 0 spiro atoms. The average molecular weight is 382 g/mol. The fraction of sp³-hybridized carbons (Fsp3) is 0.579. The molecule has 0 bridgehead atoms. The van der Waals surface area contributed by atoms with Gasteiger partial charge in [0.25, 0.3) is 10.1 Å². The van der Waals surface area contributed by atoms with Gasteiger partial charge < -0.3 is 4.74 Å². The molecule has 0 aromatic heterocycles. The second-order valence-corrected chi connectivity index (χ2v) is 8.85. The van der Waals surface area contributed by atoms with Gasteiger partial charge >= 0.3 is 5.97 Å². The summed E-state index contributed by atoms with van der Waals surface area (Å²) in [5.41, 5.74) is 0.854. The van der Waals surface area contributed by atoms with E-state index in [9.17, 15) is 18.0 Å². The summed E-state index contributed by atoms with van der Waals surface area (Å²) >= 11 is 0. The zero-order chi connectivity index (χ0) is 19.4. The molecule has 0 aliphatic heterocycles. The van der Waals surface area contributed by atoms with Crippen LogP contribution in [0.3, 0.4) is 0 Å². The number of hydrogen-bond acceptors (Lipinski definition) is 6. The summed E-state index contributed by atoms with van der Waals surface area (Å²) in [6, 6.07) is 7.16. The summed E-state index contributed by atoms with van der Waals surface area (Å²) < 4.78 is 34.5. The Morgan fingerprint density at radius 2 is 1.96 bits per heavy atom. The van der Waals surface area contributed by atoms with E-state index < -0.39 is 21.6 Å². The number of benzene rings is 1. The number of fused-ring (bicyclic) bond motifs is 1. The summed E-state index contributed by atoms with van der Waals surface area (Å²) in [6.07, 6.45) is 0.737. The number of ketones is 1. The zero-order valence-electron chi connectivity index (χ0n) is 15.5. The molecule has 144 valence electrons. The van der Waals surface area contributed by atoms with Crippen LogP contribution in [-0.4, -0.2) is 38.6 Å². The number of carbonyl (C=O) groups excluding carboxylic acids is 2. The van der Waals surface area contributed by atoms with Crippen LogP contribution in [0.25, 0.3) is 0 Å². The van der Waals surface area contributed by atoms with Crippen molar-refractivity contribution in [2.45, 2.75) is 52.6 Å². The molecule has 0 amide bonds. The molecule has 0 saturated carbocycles. The second kappa shape index (κ2) is 8.31. The highest BCUT2D eigenvalue weighted by Gasteiger charge is 2.32. The van der Waals surface area contributed by atoms with Gasteiger partial charge in [-0.1, -0.05) is 31.2 Å². The van der Waals surface area contributed by atoms with Crippen molar-refractivity contribution in [2.75, 3.05) is 12.4 Å². The predicted octanol–water partition coefficient (Wildman–Crippen LogP) is 2.90. The van der Waals surface area contributed by atoms with E-state index in [-0.39, 0.29) is 30.5 Å². The van der Waals surface area contributed by atoms with Gasteiger partial charge in [0.2, 0.25) is 0 Å². The van der Waals surface area contributed by atoms with E-state index in [4.69, 9.17) is 8.92 Å².